The van der Waals surface area contributed by atoms with Gasteiger partial charge in [-0.15, -0.1) is 0 Å². The molecule has 0 bridgehead atoms. The van der Waals surface area contributed by atoms with Crippen molar-refractivity contribution < 1.29 is 13.2 Å². The third-order valence-corrected chi connectivity index (χ3v) is 6.69. The molecule has 128 valence electrons. The lowest BCUT2D eigenvalue weighted by molar-refractivity contribution is -0.0856. The zero-order chi connectivity index (χ0) is 16.4. The molecule has 0 spiro atoms. The first-order valence-electron chi connectivity index (χ1n) is 8.44. The Morgan fingerprint density at radius 1 is 1.04 bits per heavy atom. The van der Waals surface area contributed by atoms with E-state index in [1.807, 2.05) is 30.3 Å². The summed E-state index contributed by atoms with van der Waals surface area (Å²) in [6.07, 6.45) is 1.64. The molecule has 0 unspecified atom stereocenters. The highest BCUT2D eigenvalue weighted by Crippen LogP contribution is 2.31. The lowest BCUT2D eigenvalue weighted by atomic mass is 10.0. The van der Waals surface area contributed by atoms with Crippen molar-refractivity contribution in [3.8, 4) is 0 Å². The van der Waals surface area contributed by atoms with Gasteiger partial charge < -0.3 is 4.74 Å². The molecule has 0 radical (unpaired) electrons. The monoisotopic (exact) mass is 338 g/mol. The van der Waals surface area contributed by atoms with Gasteiger partial charge in [0.1, 0.15) is 0 Å². The average molecular weight is 338 g/mol. The largest absolute Gasteiger partial charge is 0.367 e. The molecular weight excluding hydrogens is 312 g/mol. The van der Waals surface area contributed by atoms with Crippen LogP contribution in [-0.4, -0.2) is 49.3 Å². The van der Waals surface area contributed by atoms with Gasteiger partial charge in [0.05, 0.1) is 12.2 Å². The Balaban J connectivity index is 1.84. The first kappa shape index (κ1) is 16.9. The van der Waals surface area contributed by atoms with Crippen molar-refractivity contribution in [2.75, 3.05) is 26.2 Å². The van der Waals surface area contributed by atoms with Crippen LogP contribution in [0.2, 0.25) is 0 Å². The first-order chi connectivity index (χ1) is 11.0. The maximum Gasteiger partial charge on any atom is 0.282 e. The molecule has 6 heteroatoms. The van der Waals surface area contributed by atoms with Gasteiger partial charge in [-0.2, -0.15) is 17.0 Å². The molecule has 2 saturated heterocycles. The average Bonchev–Trinajstić information content (AvgIpc) is 3.10. The van der Waals surface area contributed by atoms with Crippen molar-refractivity contribution in [1.29, 1.82) is 0 Å². The van der Waals surface area contributed by atoms with Crippen LogP contribution < -0.4 is 0 Å². The predicted molar refractivity (Wildman–Crippen MR) is 90.2 cm³/mol. The third kappa shape index (κ3) is 3.60. The Morgan fingerprint density at radius 3 is 2.30 bits per heavy atom. The lowest BCUT2D eigenvalue weighted by Gasteiger charge is -2.40. The Hall–Kier alpha value is -0.950. The molecule has 5 nitrogen and oxygen atoms in total. The van der Waals surface area contributed by atoms with Crippen LogP contribution in [0.1, 0.15) is 38.4 Å². The number of nitrogens with zero attached hydrogens (tertiary/aromatic N) is 2. The summed E-state index contributed by atoms with van der Waals surface area (Å²) >= 11 is 0. The second kappa shape index (κ2) is 6.89. The molecule has 0 saturated carbocycles. The number of benzene rings is 1. The van der Waals surface area contributed by atoms with E-state index in [0.29, 0.717) is 26.2 Å². The summed E-state index contributed by atoms with van der Waals surface area (Å²) in [5.74, 6) is 0.276. The molecule has 1 aromatic rings. The number of hydrogen-bond acceptors (Lipinski definition) is 3. The second-order valence-electron chi connectivity index (χ2n) is 6.75. The summed E-state index contributed by atoms with van der Waals surface area (Å²) in [6, 6.07) is 9.92. The standard InChI is InChI=1S/C17H26N2O3S/c1-14(2)16-12-19(23(20,21)18-10-6-7-11-18)13-17(22-16)15-8-4-3-5-9-15/h3-5,8-9,14,16-17H,6-7,10-13H2,1-2H3/t16-,17+/m1/s1. The van der Waals surface area contributed by atoms with Crippen LogP contribution in [0.4, 0.5) is 0 Å². The van der Waals surface area contributed by atoms with Gasteiger partial charge in [0.2, 0.25) is 0 Å². The minimum Gasteiger partial charge on any atom is -0.367 e. The molecule has 0 N–H and O–H groups in total. The quantitative estimate of drug-likeness (QED) is 0.847. The fourth-order valence-corrected chi connectivity index (χ4v) is 4.95. The van der Waals surface area contributed by atoms with Gasteiger partial charge in [-0.25, -0.2) is 0 Å². The van der Waals surface area contributed by atoms with E-state index in [2.05, 4.69) is 13.8 Å². The number of rotatable bonds is 4. The molecule has 23 heavy (non-hydrogen) atoms. The first-order valence-corrected chi connectivity index (χ1v) is 9.84. The van der Waals surface area contributed by atoms with Crippen LogP contribution >= 0.6 is 0 Å². The fourth-order valence-electron chi connectivity index (χ4n) is 3.25. The van der Waals surface area contributed by atoms with Crippen LogP contribution in [-0.2, 0) is 14.9 Å². The Kier molecular flexibility index (Phi) is 5.06. The summed E-state index contributed by atoms with van der Waals surface area (Å²) in [5.41, 5.74) is 1.04. The zero-order valence-electron chi connectivity index (χ0n) is 13.9. The van der Waals surface area contributed by atoms with Crippen LogP contribution in [0.25, 0.3) is 0 Å². The number of morpholine rings is 1. The number of ether oxygens (including phenoxy) is 1. The van der Waals surface area contributed by atoms with Crippen molar-refractivity contribution in [3.63, 3.8) is 0 Å². The molecule has 2 fully saturated rings. The lowest BCUT2D eigenvalue weighted by Crippen LogP contribution is -2.52. The molecular formula is C17H26N2O3S. The van der Waals surface area contributed by atoms with Gasteiger partial charge in [0, 0.05) is 26.2 Å². The summed E-state index contributed by atoms with van der Waals surface area (Å²) in [5, 5.41) is 0. The van der Waals surface area contributed by atoms with Gasteiger partial charge in [0.15, 0.2) is 0 Å². The maximum absolute atomic E-state index is 12.9. The molecule has 2 atom stereocenters. The van der Waals surface area contributed by atoms with E-state index in [9.17, 15) is 8.42 Å². The van der Waals surface area contributed by atoms with E-state index in [1.54, 1.807) is 8.61 Å². The molecule has 2 heterocycles. The molecule has 0 aliphatic carbocycles. The van der Waals surface area contributed by atoms with Crippen LogP contribution in [0.15, 0.2) is 30.3 Å². The van der Waals surface area contributed by atoms with Crippen molar-refractivity contribution in [2.24, 2.45) is 5.92 Å². The van der Waals surface area contributed by atoms with E-state index >= 15 is 0 Å². The molecule has 1 aromatic carbocycles. The topological polar surface area (TPSA) is 49.9 Å². The predicted octanol–water partition coefficient (Wildman–Crippen LogP) is 2.43. The SMILES string of the molecule is CC(C)[C@H]1CN(S(=O)(=O)N2CCCC2)C[C@@H](c2ccccc2)O1. The van der Waals surface area contributed by atoms with Crippen molar-refractivity contribution in [3.05, 3.63) is 35.9 Å². The Bertz CT molecular complexity index is 612. The molecule has 3 rings (SSSR count). The molecule has 2 aliphatic heterocycles. The fraction of sp³-hybridized carbons (Fsp3) is 0.647. The Labute approximate surface area is 139 Å². The van der Waals surface area contributed by atoms with Gasteiger partial charge in [-0.3, -0.25) is 0 Å². The minimum atomic E-state index is -3.38. The highest BCUT2D eigenvalue weighted by Gasteiger charge is 2.39. The van der Waals surface area contributed by atoms with Crippen molar-refractivity contribution >= 4 is 10.2 Å². The van der Waals surface area contributed by atoms with E-state index in [0.717, 1.165) is 18.4 Å². The highest BCUT2D eigenvalue weighted by atomic mass is 32.2. The van der Waals surface area contributed by atoms with Crippen LogP contribution in [0, 0.1) is 5.92 Å². The van der Waals surface area contributed by atoms with E-state index < -0.39 is 10.2 Å². The summed E-state index contributed by atoms with van der Waals surface area (Å²) in [6.45, 7) is 6.29. The molecule has 0 aromatic heterocycles. The Morgan fingerprint density at radius 2 is 1.70 bits per heavy atom. The van der Waals surface area contributed by atoms with Gasteiger partial charge in [-0.1, -0.05) is 44.2 Å². The van der Waals surface area contributed by atoms with Crippen LogP contribution in [0.3, 0.4) is 0 Å². The summed E-state index contributed by atoms with van der Waals surface area (Å²) in [7, 11) is -3.38. The van der Waals surface area contributed by atoms with Gasteiger partial charge in [0.25, 0.3) is 10.2 Å². The van der Waals surface area contributed by atoms with E-state index in [4.69, 9.17) is 4.74 Å². The maximum atomic E-state index is 12.9. The number of hydrogen-bond donors (Lipinski definition) is 0. The molecule has 2 aliphatic rings. The van der Waals surface area contributed by atoms with E-state index in [1.165, 1.54) is 0 Å². The van der Waals surface area contributed by atoms with Crippen LogP contribution in [0.5, 0.6) is 0 Å². The normalized spacial score (nSPS) is 27.6. The second-order valence-corrected chi connectivity index (χ2v) is 8.68. The summed E-state index contributed by atoms with van der Waals surface area (Å²) < 4.78 is 35.3. The van der Waals surface area contributed by atoms with Gasteiger partial charge >= 0.3 is 0 Å². The zero-order valence-corrected chi connectivity index (χ0v) is 14.7. The van der Waals surface area contributed by atoms with Gasteiger partial charge in [-0.05, 0) is 24.3 Å². The van der Waals surface area contributed by atoms with Crippen molar-refractivity contribution in [1.82, 2.24) is 8.61 Å². The molecule has 0 amide bonds. The van der Waals surface area contributed by atoms with E-state index in [-0.39, 0.29) is 18.1 Å². The highest BCUT2D eigenvalue weighted by molar-refractivity contribution is 7.86. The minimum absolute atomic E-state index is 0.0775. The summed E-state index contributed by atoms with van der Waals surface area (Å²) in [4.78, 5) is 0. The smallest absolute Gasteiger partial charge is 0.282 e. The van der Waals surface area contributed by atoms with Crippen molar-refractivity contribution in [2.45, 2.75) is 38.9 Å². The third-order valence-electron chi connectivity index (χ3n) is 4.72.